The van der Waals surface area contributed by atoms with Crippen molar-refractivity contribution in [3.63, 3.8) is 0 Å². The first-order chi connectivity index (χ1) is 14.5. The lowest BCUT2D eigenvalue weighted by atomic mass is 10.1. The van der Waals surface area contributed by atoms with Gasteiger partial charge in [0.05, 0.1) is 11.3 Å². The van der Waals surface area contributed by atoms with Gasteiger partial charge in [0.25, 0.3) is 11.8 Å². The zero-order valence-corrected chi connectivity index (χ0v) is 19.7. The van der Waals surface area contributed by atoms with Crippen molar-refractivity contribution in [2.45, 2.75) is 20.8 Å². The number of carbonyl (C=O) groups excluding carboxylic acids is 2. The number of hydrogen-bond acceptors (Lipinski definition) is 5. The Bertz CT molecular complexity index is 1010. The van der Waals surface area contributed by atoms with E-state index in [1.165, 1.54) is 18.4 Å². The second-order valence-corrected chi connectivity index (χ2v) is 10.0. The molecular formula is C22H32N4O4S. The number of piperazine rings is 1. The Morgan fingerprint density at radius 2 is 1.81 bits per heavy atom. The van der Waals surface area contributed by atoms with E-state index in [9.17, 15) is 18.0 Å². The molecule has 1 fully saturated rings. The number of aryl methyl sites for hydroxylation is 1. The molecular weight excluding hydrogens is 416 g/mol. The van der Waals surface area contributed by atoms with Gasteiger partial charge >= 0.3 is 0 Å². The molecule has 2 rings (SSSR count). The van der Waals surface area contributed by atoms with Crippen molar-refractivity contribution < 1.29 is 18.0 Å². The number of aromatic amines is 1. The van der Waals surface area contributed by atoms with Crippen molar-refractivity contribution in [1.29, 1.82) is 0 Å². The summed E-state index contributed by atoms with van der Waals surface area (Å²) in [6, 6.07) is 0. The molecule has 1 aromatic rings. The second kappa shape index (κ2) is 10.6. The van der Waals surface area contributed by atoms with Gasteiger partial charge in [0.15, 0.2) is 9.84 Å². The number of H-pyrrole nitrogens is 1. The van der Waals surface area contributed by atoms with Crippen molar-refractivity contribution in [2.75, 3.05) is 45.2 Å². The summed E-state index contributed by atoms with van der Waals surface area (Å²) in [7, 11) is -1.16. The number of amides is 2. The summed E-state index contributed by atoms with van der Waals surface area (Å²) in [5.74, 6) is -0.565. The van der Waals surface area contributed by atoms with E-state index in [1.54, 1.807) is 19.1 Å². The molecule has 0 bridgehead atoms. The van der Waals surface area contributed by atoms with Crippen molar-refractivity contribution in [3.05, 3.63) is 52.5 Å². The number of sulfone groups is 1. The van der Waals surface area contributed by atoms with Crippen LogP contribution >= 0.6 is 0 Å². The lowest BCUT2D eigenvalue weighted by Crippen LogP contribution is -2.47. The highest BCUT2D eigenvalue weighted by atomic mass is 32.2. The van der Waals surface area contributed by atoms with E-state index in [0.29, 0.717) is 24.3 Å². The molecule has 2 heterocycles. The Morgan fingerprint density at radius 1 is 1.16 bits per heavy atom. The summed E-state index contributed by atoms with van der Waals surface area (Å²) in [6.45, 7) is 8.49. The molecule has 1 aliphatic heterocycles. The number of nitrogens with one attached hydrogen (secondary N) is 2. The number of aromatic nitrogens is 1. The lowest BCUT2D eigenvalue weighted by molar-refractivity contribution is -0.116. The maximum absolute atomic E-state index is 13.1. The van der Waals surface area contributed by atoms with E-state index in [0.717, 1.165) is 30.6 Å². The van der Waals surface area contributed by atoms with Gasteiger partial charge in [-0.3, -0.25) is 9.59 Å². The zero-order chi connectivity index (χ0) is 23.2. The summed E-state index contributed by atoms with van der Waals surface area (Å²) >= 11 is 0. The molecule has 0 unspecified atom stereocenters. The standard InChI is InChI=1S/C22H32N4O4S/c1-6-9-23-21(27)18(8-7-14-31(5,29)30)15-19-16(2)20(17(3)24-19)22(28)26-12-10-25(4)11-13-26/h6-9,15,24H,10-14H2,1-5H3,(H,23,27). The number of likely N-dealkylation sites (N-methyl/N-ethyl adjacent to an activating group) is 1. The normalized spacial score (nSPS) is 16.4. The van der Waals surface area contributed by atoms with Crippen LogP contribution in [0, 0.1) is 13.8 Å². The largest absolute Gasteiger partial charge is 0.358 e. The third kappa shape index (κ3) is 6.93. The van der Waals surface area contributed by atoms with Gasteiger partial charge in [-0.2, -0.15) is 0 Å². The fourth-order valence-electron chi connectivity index (χ4n) is 3.34. The van der Waals surface area contributed by atoms with E-state index in [4.69, 9.17) is 0 Å². The van der Waals surface area contributed by atoms with E-state index in [-0.39, 0.29) is 23.1 Å². The van der Waals surface area contributed by atoms with Gasteiger partial charge < -0.3 is 20.1 Å². The van der Waals surface area contributed by atoms with E-state index >= 15 is 0 Å². The first-order valence-corrected chi connectivity index (χ1v) is 12.2. The predicted molar refractivity (Wildman–Crippen MR) is 123 cm³/mol. The van der Waals surface area contributed by atoms with Crippen LogP contribution in [0.25, 0.3) is 6.08 Å². The summed E-state index contributed by atoms with van der Waals surface area (Å²) < 4.78 is 22.9. The first kappa shape index (κ1) is 24.6. The predicted octanol–water partition coefficient (Wildman–Crippen LogP) is 1.65. The van der Waals surface area contributed by atoms with Crippen LogP contribution in [0.15, 0.2) is 30.0 Å². The molecule has 9 heteroatoms. The molecule has 8 nitrogen and oxygen atoms in total. The SMILES string of the molecule is CC=CNC(=O)C(C=CCS(C)(=O)=O)=Cc1[nH]c(C)c(C(=O)N2CCN(C)CC2)c1C. The smallest absolute Gasteiger partial charge is 0.256 e. The van der Waals surface area contributed by atoms with Crippen molar-refractivity contribution >= 4 is 27.7 Å². The van der Waals surface area contributed by atoms with Gasteiger partial charge in [-0.25, -0.2) is 8.42 Å². The summed E-state index contributed by atoms with van der Waals surface area (Å²) in [4.78, 5) is 32.9. The highest BCUT2D eigenvalue weighted by Crippen LogP contribution is 2.23. The second-order valence-electron chi connectivity index (χ2n) is 7.83. The molecule has 0 atom stereocenters. The number of allylic oxidation sites excluding steroid dienone is 1. The monoisotopic (exact) mass is 448 g/mol. The topological polar surface area (TPSA) is 103 Å². The van der Waals surface area contributed by atoms with E-state index in [1.807, 2.05) is 25.8 Å². The number of carbonyl (C=O) groups is 2. The third-order valence-electron chi connectivity index (χ3n) is 5.12. The molecule has 0 saturated carbocycles. The quantitative estimate of drug-likeness (QED) is 0.488. The molecule has 1 aliphatic rings. The molecule has 170 valence electrons. The molecule has 31 heavy (non-hydrogen) atoms. The van der Waals surface area contributed by atoms with Gasteiger partial charge in [-0.15, -0.1) is 0 Å². The Labute approximate surface area is 184 Å². The number of hydrogen-bond donors (Lipinski definition) is 2. The Kier molecular flexibility index (Phi) is 8.41. The maximum atomic E-state index is 13.1. The average Bonchev–Trinajstić information content (AvgIpc) is 2.97. The molecule has 0 aromatic carbocycles. The average molecular weight is 449 g/mol. The fraction of sp³-hybridized carbons (Fsp3) is 0.455. The Balaban J connectivity index is 2.37. The van der Waals surface area contributed by atoms with Crippen LogP contribution in [0.2, 0.25) is 0 Å². The highest BCUT2D eigenvalue weighted by Gasteiger charge is 2.25. The number of rotatable bonds is 7. The van der Waals surface area contributed by atoms with Crippen molar-refractivity contribution in [3.8, 4) is 0 Å². The Hall–Kier alpha value is -2.65. The molecule has 2 N–H and O–H groups in total. The minimum Gasteiger partial charge on any atom is -0.358 e. The minimum absolute atomic E-state index is 0.0217. The van der Waals surface area contributed by atoms with Gasteiger partial charge in [-0.1, -0.05) is 18.2 Å². The molecule has 0 spiro atoms. The van der Waals surface area contributed by atoms with Crippen LogP contribution < -0.4 is 5.32 Å². The minimum atomic E-state index is -3.19. The van der Waals surface area contributed by atoms with Crippen LogP contribution in [0.5, 0.6) is 0 Å². The molecule has 1 saturated heterocycles. The summed E-state index contributed by atoms with van der Waals surface area (Å²) in [6.07, 6.45) is 8.90. The molecule has 1 aromatic heterocycles. The first-order valence-electron chi connectivity index (χ1n) is 10.2. The molecule has 0 aliphatic carbocycles. The van der Waals surface area contributed by atoms with Gasteiger partial charge in [-0.05, 0) is 45.7 Å². The van der Waals surface area contributed by atoms with Gasteiger partial charge in [0, 0.05) is 49.4 Å². The van der Waals surface area contributed by atoms with E-state index in [2.05, 4.69) is 15.2 Å². The lowest BCUT2D eigenvalue weighted by Gasteiger charge is -2.32. The Morgan fingerprint density at radius 3 is 2.39 bits per heavy atom. The van der Waals surface area contributed by atoms with Crippen LogP contribution in [0.1, 0.15) is 34.2 Å². The highest BCUT2D eigenvalue weighted by molar-refractivity contribution is 7.90. The van der Waals surface area contributed by atoms with Gasteiger partial charge in [0.2, 0.25) is 0 Å². The summed E-state index contributed by atoms with van der Waals surface area (Å²) in [5, 5.41) is 2.64. The molecule has 0 radical (unpaired) electrons. The third-order valence-corrected chi connectivity index (χ3v) is 5.92. The van der Waals surface area contributed by atoms with Crippen molar-refractivity contribution in [2.24, 2.45) is 0 Å². The van der Waals surface area contributed by atoms with Crippen LogP contribution in [-0.4, -0.2) is 80.3 Å². The van der Waals surface area contributed by atoms with Crippen molar-refractivity contribution in [1.82, 2.24) is 20.1 Å². The number of nitrogens with zero attached hydrogens (tertiary/aromatic N) is 2. The van der Waals surface area contributed by atoms with Crippen LogP contribution in [-0.2, 0) is 14.6 Å². The van der Waals surface area contributed by atoms with Crippen LogP contribution in [0.3, 0.4) is 0 Å². The zero-order valence-electron chi connectivity index (χ0n) is 18.9. The van der Waals surface area contributed by atoms with Gasteiger partial charge in [0.1, 0.15) is 0 Å². The maximum Gasteiger partial charge on any atom is 0.256 e. The van der Waals surface area contributed by atoms with E-state index < -0.39 is 9.84 Å². The fourth-order valence-corrected chi connectivity index (χ4v) is 3.79. The molecule has 2 amide bonds. The summed E-state index contributed by atoms with van der Waals surface area (Å²) in [5.41, 5.74) is 3.04. The van der Waals surface area contributed by atoms with Crippen LogP contribution in [0.4, 0.5) is 0 Å².